The Bertz CT molecular complexity index is 442. The van der Waals surface area contributed by atoms with E-state index in [1.165, 1.54) is 6.07 Å². The maximum Gasteiger partial charge on any atom is 0.339 e. The van der Waals surface area contributed by atoms with E-state index in [1.54, 1.807) is 0 Å². The summed E-state index contributed by atoms with van der Waals surface area (Å²) in [6, 6.07) is 1.25. The van der Waals surface area contributed by atoms with Crippen molar-refractivity contribution < 1.29 is 19.7 Å². The second-order valence-corrected chi connectivity index (χ2v) is 3.91. The third kappa shape index (κ3) is 1.51. The predicted octanol–water partition coefficient (Wildman–Crippen LogP) is 2.07. The highest BCUT2D eigenvalue weighted by atomic mass is 35.5. The molecule has 1 aromatic carbocycles. The maximum absolute atomic E-state index is 10.8. The monoisotopic (exact) mass is 228 g/mol. The summed E-state index contributed by atoms with van der Waals surface area (Å²) < 4.78 is 5.31. The molecule has 0 saturated carbocycles. The van der Waals surface area contributed by atoms with Crippen molar-refractivity contribution in [3.63, 3.8) is 0 Å². The Hall–Kier alpha value is -1.42. The van der Waals surface area contributed by atoms with Crippen LogP contribution in [0.25, 0.3) is 0 Å². The van der Waals surface area contributed by atoms with Crippen LogP contribution in [0.15, 0.2) is 6.07 Å². The highest BCUT2D eigenvalue weighted by molar-refractivity contribution is 6.32. The zero-order valence-electron chi connectivity index (χ0n) is 7.95. The number of aromatic carboxylic acids is 1. The molecule has 80 valence electrons. The van der Waals surface area contributed by atoms with Gasteiger partial charge < -0.3 is 14.9 Å². The van der Waals surface area contributed by atoms with Gasteiger partial charge in [-0.1, -0.05) is 11.6 Å². The fourth-order valence-electron chi connectivity index (χ4n) is 1.67. The summed E-state index contributed by atoms with van der Waals surface area (Å²) in [6.07, 6.45) is 0.495. The van der Waals surface area contributed by atoms with E-state index < -0.39 is 5.97 Å². The number of phenols is 1. The Morgan fingerprint density at radius 3 is 2.93 bits per heavy atom. The Labute approximate surface area is 91.1 Å². The molecule has 0 fully saturated rings. The Morgan fingerprint density at radius 1 is 1.67 bits per heavy atom. The van der Waals surface area contributed by atoms with Gasteiger partial charge in [-0.05, 0) is 13.0 Å². The van der Waals surface area contributed by atoms with Crippen LogP contribution >= 0.6 is 11.6 Å². The Kier molecular flexibility index (Phi) is 2.23. The predicted molar refractivity (Wildman–Crippen MR) is 53.9 cm³/mol. The van der Waals surface area contributed by atoms with Crippen LogP contribution in [0.2, 0.25) is 5.02 Å². The molecule has 1 heterocycles. The smallest absolute Gasteiger partial charge is 0.339 e. The molecule has 1 aromatic rings. The van der Waals surface area contributed by atoms with E-state index in [2.05, 4.69) is 0 Å². The van der Waals surface area contributed by atoms with E-state index in [1.807, 2.05) is 6.92 Å². The maximum atomic E-state index is 10.8. The molecule has 0 aromatic heterocycles. The molecular formula is C10H9ClO4. The molecule has 1 atom stereocenters. The molecule has 0 saturated heterocycles. The van der Waals surface area contributed by atoms with E-state index in [9.17, 15) is 9.90 Å². The van der Waals surface area contributed by atoms with E-state index in [0.717, 1.165) is 0 Å². The molecule has 0 bridgehead atoms. The molecule has 0 aliphatic carbocycles. The number of carbonyl (C=O) groups is 1. The minimum Gasteiger partial charge on any atom is -0.504 e. The normalized spacial score (nSPS) is 18.4. The summed E-state index contributed by atoms with van der Waals surface area (Å²) in [5.74, 6) is -1.36. The summed E-state index contributed by atoms with van der Waals surface area (Å²) in [5, 5.41) is 18.8. The standard InChI is InChI=1S/C10H9ClO4/c1-4-2-5-7(11)3-6(10(13)14)8(12)9(5)15-4/h3-4,12H,2H2,1H3,(H,13,14). The van der Waals surface area contributed by atoms with Crippen LogP contribution in [-0.4, -0.2) is 22.3 Å². The van der Waals surface area contributed by atoms with Gasteiger partial charge in [0.2, 0.25) is 0 Å². The summed E-state index contributed by atoms with van der Waals surface area (Å²) >= 11 is 5.90. The van der Waals surface area contributed by atoms with Crippen molar-refractivity contribution >= 4 is 17.6 Å². The zero-order chi connectivity index (χ0) is 11.2. The Balaban J connectivity index is 2.63. The number of benzene rings is 1. The second-order valence-electron chi connectivity index (χ2n) is 3.50. The van der Waals surface area contributed by atoms with Crippen LogP contribution in [0.4, 0.5) is 0 Å². The van der Waals surface area contributed by atoms with Crippen molar-refractivity contribution in [3.05, 3.63) is 22.2 Å². The van der Waals surface area contributed by atoms with Crippen molar-refractivity contribution in [3.8, 4) is 11.5 Å². The molecular weight excluding hydrogens is 220 g/mol. The minimum atomic E-state index is -1.22. The van der Waals surface area contributed by atoms with Crippen LogP contribution in [0.1, 0.15) is 22.8 Å². The highest BCUT2D eigenvalue weighted by Crippen LogP contribution is 2.43. The first kappa shape index (κ1) is 10.1. The van der Waals surface area contributed by atoms with E-state index in [4.69, 9.17) is 21.4 Å². The number of hydrogen-bond donors (Lipinski definition) is 2. The minimum absolute atomic E-state index is 0.0903. The summed E-state index contributed by atoms with van der Waals surface area (Å²) in [6.45, 7) is 1.83. The number of carboxylic acids is 1. The number of rotatable bonds is 1. The van der Waals surface area contributed by atoms with Gasteiger partial charge in [0.1, 0.15) is 11.7 Å². The lowest BCUT2D eigenvalue weighted by molar-refractivity contribution is 0.0692. The van der Waals surface area contributed by atoms with Crippen LogP contribution in [0.3, 0.4) is 0 Å². The number of halogens is 1. The number of aromatic hydroxyl groups is 1. The van der Waals surface area contributed by atoms with Crippen LogP contribution in [0.5, 0.6) is 11.5 Å². The van der Waals surface area contributed by atoms with Crippen LogP contribution in [-0.2, 0) is 6.42 Å². The fraction of sp³-hybridized carbons (Fsp3) is 0.300. The van der Waals surface area contributed by atoms with Crippen molar-refractivity contribution in [1.29, 1.82) is 0 Å². The van der Waals surface area contributed by atoms with Gasteiger partial charge in [0.05, 0.1) is 0 Å². The van der Waals surface area contributed by atoms with E-state index in [-0.39, 0.29) is 23.2 Å². The first-order valence-corrected chi connectivity index (χ1v) is 4.82. The molecule has 1 unspecified atom stereocenters. The SMILES string of the molecule is CC1Cc2c(Cl)cc(C(=O)O)c(O)c2O1. The van der Waals surface area contributed by atoms with Gasteiger partial charge in [-0.3, -0.25) is 0 Å². The first-order chi connectivity index (χ1) is 7.00. The summed E-state index contributed by atoms with van der Waals surface area (Å²) in [5.41, 5.74) is 0.444. The third-order valence-electron chi connectivity index (χ3n) is 2.34. The topological polar surface area (TPSA) is 66.8 Å². The van der Waals surface area contributed by atoms with Gasteiger partial charge >= 0.3 is 5.97 Å². The summed E-state index contributed by atoms with van der Waals surface area (Å²) in [4.78, 5) is 10.8. The molecule has 1 aliphatic rings. The second kappa shape index (κ2) is 3.31. The average molecular weight is 229 g/mol. The van der Waals surface area contributed by atoms with Crippen molar-refractivity contribution in [2.75, 3.05) is 0 Å². The summed E-state index contributed by atoms with van der Waals surface area (Å²) in [7, 11) is 0. The molecule has 1 aliphatic heterocycles. The molecule has 0 spiro atoms. The van der Waals surface area contributed by atoms with Crippen LogP contribution in [0, 0.1) is 0 Å². The number of hydrogen-bond acceptors (Lipinski definition) is 3. The molecule has 15 heavy (non-hydrogen) atoms. The fourth-order valence-corrected chi connectivity index (χ4v) is 1.94. The highest BCUT2D eigenvalue weighted by Gasteiger charge is 2.28. The quantitative estimate of drug-likeness (QED) is 0.772. The third-order valence-corrected chi connectivity index (χ3v) is 2.68. The van der Waals surface area contributed by atoms with Crippen molar-refractivity contribution in [2.45, 2.75) is 19.4 Å². The molecule has 0 radical (unpaired) electrons. The van der Waals surface area contributed by atoms with Gasteiger partial charge in [0.25, 0.3) is 0 Å². The largest absolute Gasteiger partial charge is 0.504 e. The zero-order valence-corrected chi connectivity index (χ0v) is 8.71. The van der Waals surface area contributed by atoms with Gasteiger partial charge in [0.15, 0.2) is 11.5 Å². The number of fused-ring (bicyclic) bond motifs is 1. The van der Waals surface area contributed by atoms with E-state index in [0.29, 0.717) is 17.0 Å². The molecule has 4 nitrogen and oxygen atoms in total. The number of carboxylic acid groups (broad SMARTS) is 1. The van der Waals surface area contributed by atoms with Crippen molar-refractivity contribution in [1.82, 2.24) is 0 Å². The van der Waals surface area contributed by atoms with Crippen molar-refractivity contribution in [2.24, 2.45) is 0 Å². The van der Waals surface area contributed by atoms with Gasteiger partial charge in [-0.15, -0.1) is 0 Å². The molecule has 2 N–H and O–H groups in total. The van der Waals surface area contributed by atoms with Gasteiger partial charge in [0, 0.05) is 17.0 Å². The number of ether oxygens (including phenoxy) is 1. The van der Waals surface area contributed by atoms with E-state index >= 15 is 0 Å². The van der Waals surface area contributed by atoms with Gasteiger partial charge in [-0.25, -0.2) is 4.79 Å². The average Bonchev–Trinajstić information content (AvgIpc) is 2.53. The lowest BCUT2D eigenvalue weighted by atomic mass is 10.1. The molecule has 5 heteroatoms. The Morgan fingerprint density at radius 2 is 2.33 bits per heavy atom. The lowest BCUT2D eigenvalue weighted by Crippen LogP contribution is -2.05. The lowest BCUT2D eigenvalue weighted by Gasteiger charge is -2.07. The molecule has 0 amide bonds. The van der Waals surface area contributed by atoms with Gasteiger partial charge in [-0.2, -0.15) is 0 Å². The first-order valence-electron chi connectivity index (χ1n) is 4.45. The molecule has 2 rings (SSSR count). The van der Waals surface area contributed by atoms with Crippen LogP contribution < -0.4 is 4.74 Å².